The summed E-state index contributed by atoms with van der Waals surface area (Å²) in [5, 5.41) is 15.5. The molecule has 0 bridgehead atoms. The van der Waals surface area contributed by atoms with Crippen molar-refractivity contribution in [3.05, 3.63) is 70.4 Å². The van der Waals surface area contributed by atoms with E-state index < -0.39 is 5.91 Å². The van der Waals surface area contributed by atoms with Gasteiger partial charge >= 0.3 is 0 Å². The molecule has 2 aromatic rings. The van der Waals surface area contributed by atoms with Crippen LogP contribution in [0.15, 0.2) is 54.2 Å². The lowest BCUT2D eigenvalue weighted by atomic mass is 10.2. The van der Waals surface area contributed by atoms with Crippen LogP contribution < -0.4 is 10.6 Å². The number of nitrogens with one attached hydrogen (secondary N) is 2. The second-order valence-corrected chi connectivity index (χ2v) is 5.48. The highest BCUT2D eigenvalue weighted by Gasteiger charge is 2.10. The van der Waals surface area contributed by atoms with E-state index in [1.165, 1.54) is 6.20 Å². The number of rotatable bonds is 4. The van der Waals surface area contributed by atoms with Crippen LogP contribution in [0.3, 0.4) is 0 Å². The summed E-state index contributed by atoms with van der Waals surface area (Å²) in [5.74, 6) is -0.457. The number of hydrogen-bond donors (Lipinski definition) is 2. The van der Waals surface area contributed by atoms with Gasteiger partial charge in [0.25, 0.3) is 5.91 Å². The van der Waals surface area contributed by atoms with Gasteiger partial charge < -0.3 is 10.6 Å². The van der Waals surface area contributed by atoms with Gasteiger partial charge in [0.1, 0.15) is 11.6 Å². The zero-order valence-electron chi connectivity index (χ0n) is 12.9. The molecule has 2 rings (SSSR count). The Morgan fingerprint density at radius 2 is 1.87 bits per heavy atom. The Kier molecular flexibility index (Phi) is 5.40. The van der Waals surface area contributed by atoms with E-state index in [1.807, 2.05) is 38.1 Å². The maximum Gasteiger partial charge on any atom is 0.267 e. The molecule has 0 spiro atoms. The monoisotopic (exact) mass is 325 g/mol. The minimum atomic E-state index is -0.457. The molecule has 0 aliphatic rings. The Morgan fingerprint density at radius 1 is 1.13 bits per heavy atom. The Labute approximate surface area is 140 Å². The number of para-hydroxylation sites is 1. The number of carbonyl (C=O) groups excluding carboxylic acids is 1. The number of halogens is 1. The molecule has 0 radical (unpaired) electrons. The van der Waals surface area contributed by atoms with Crippen molar-refractivity contribution in [1.82, 2.24) is 0 Å². The normalized spacial score (nSPS) is 10.8. The van der Waals surface area contributed by atoms with Crippen molar-refractivity contribution in [2.45, 2.75) is 13.8 Å². The van der Waals surface area contributed by atoms with Gasteiger partial charge in [0.2, 0.25) is 0 Å². The van der Waals surface area contributed by atoms with Crippen molar-refractivity contribution in [2.75, 3.05) is 10.6 Å². The Balaban J connectivity index is 2.14. The lowest BCUT2D eigenvalue weighted by Crippen LogP contribution is -2.15. The fraction of sp³-hybridized carbons (Fsp3) is 0.111. The van der Waals surface area contributed by atoms with Gasteiger partial charge in [0.05, 0.1) is 0 Å². The summed E-state index contributed by atoms with van der Waals surface area (Å²) >= 11 is 5.90. The van der Waals surface area contributed by atoms with Gasteiger partial charge in [0, 0.05) is 22.6 Å². The minimum Gasteiger partial charge on any atom is -0.360 e. The van der Waals surface area contributed by atoms with Gasteiger partial charge in [0.15, 0.2) is 0 Å². The van der Waals surface area contributed by atoms with Crippen LogP contribution in [0, 0.1) is 25.2 Å². The van der Waals surface area contributed by atoms with Crippen LogP contribution in [0.5, 0.6) is 0 Å². The van der Waals surface area contributed by atoms with E-state index in [0.29, 0.717) is 10.7 Å². The Morgan fingerprint density at radius 3 is 2.52 bits per heavy atom. The molecule has 0 fully saturated rings. The van der Waals surface area contributed by atoms with E-state index in [1.54, 1.807) is 24.3 Å². The highest BCUT2D eigenvalue weighted by Crippen LogP contribution is 2.20. The predicted molar refractivity (Wildman–Crippen MR) is 93.3 cm³/mol. The van der Waals surface area contributed by atoms with Crippen molar-refractivity contribution in [3.8, 4) is 6.07 Å². The SMILES string of the molecule is Cc1cc(Cl)ccc1N/C=C(/C#N)C(=O)Nc1ccccc1C. The largest absolute Gasteiger partial charge is 0.360 e. The van der Waals surface area contributed by atoms with E-state index in [0.717, 1.165) is 16.8 Å². The molecule has 2 aromatic carbocycles. The summed E-state index contributed by atoms with van der Waals surface area (Å²) in [6, 6.07) is 14.6. The number of anilines is 2. The first-order valence-electron chi connectivity index (χ1n) is 7.01. The van der Waals surface area contributed by atoms with Crippen LogP contribution in [0.4, 0.5) is 11.4 Å². The van der Waals surface area contributed by atoms with E-state index >= 15 is 0 Å². The van der Waals surface area contributed by atoms with Crippen molar-refractivity contribution < 1.29 is 4.79 Å². The maximum absolute atomic E-state index is 12.2. The molecule has 4 nitrogen and oxygen atoms in total. The van der Waals surface area contributed by atoms with Gasteiger partial charge in [-0.2, -0.15) is 5.26 Å². The zero-order valence-corrected chi connectivity index (χ0v) is 13.6. The number of benzene rings is 2. The molecule has 0 heterocycles. The fourth-order valence-corrected chi connectivity index (χ4v) is 2.22. The molecule has 116 valence electrons. The molecule has 1 amide bonds. The molecular formula is C18H16ClN3O. The van der Waals surface area contributed by atoms with Gasteiger partial charge in [-0.15, -0.1) is 0 Å². The first-order valence-corrected chi connectivity index (χ1v) is 7.39. The molecule has 0 saturated carbocycles. The highest BCUT2D eigenvalue weighted by molar-refractivity contribution is 6.30. The number of amides is 1. The topological polar surface area (TPSA) is 64.9 Å². The molecule has 0 unspecified atom stereocenters. The summed E-state index contributed by atoms with van der Waals surface area (Å²) < 4.78 is 0. The smallest absolute Gasteiger partial charge is 0.267 e. The Bertz CT molecular complexity index is 806. The van der Waals surface area contributed by atoms with Gasteiger partial charge in [-0.05, 0) is 49.2 Å². The molecule has 0 atom stereocenters. The molecule has 0 saturated heterocycles. The van der Waals surface area contributed by atoms with Crippen LogP contribution in [0.1, 0.15) is 11.1 Å². The van der Waals surface area contributed by atoms with Gasteiger partial charge in [-0.1, -0.05) is 29.8 Å². The zero-order chi connectivity index (χ0) is 16.8. The standard InChI is InChI=1S/C18H16ClN3O/c1-12-5-3-4-6-17(12)22-18(23)14(10-20)11-21-16-8-7-15(19)9-13(16)2/h3-9,11,21H,1-2H3,(H,22,23)/b14-11-. The number of carbonyl (C=O) groups is 1. The lowest BCUT2D eigenvalue weighted by Gasteiger charge is -2.09. The fourth-order valence-electron chi connectivity index (χ4n) is 1.99. The summed E-state index contributed by atoms with van der Waals surface area (Å²) in [7, 11) is 0. The molecular weight excluding hydrogens is 310 g/mol. The summed E-state index contributed by atoms with van der Waals surface area (Å²) in [6.45, 7) is 3.78. The average Bonchev–Trinajstić information content (AvgIpc) is 2.52. The molecule has 5 heteroatoms. The van der Waals surface area contributed by atoms with Crippen molar-refractivity contribution in [2.24, 2.45) is 0 Å². The van der Waals surface area contributed by atoms with Gasteiger partial charge in [-0.3, -0.25) is 4.79 Å². The molecule has 23 heavy (non-hydrogen) atoms. The summed E-state index contributed by atoms with van der Waals surface area (Å²) in [4.78, 5) is 12.2. The molecule has 2 N–H and O–H groups in total. The maximum atomic E-state index is 12.2. The van der Waals surface area contributed by atoms with E-state index in [-0.39, 0.29) is 5.57 Å². The third-order valence-electron chi connectivity index (χ3n) is 3.32. The summed E-state index contributed by atoms with van der Waals surface area (Å²) in [6.07, 6.45) is 1.39. The van der Waals surface area contributed by atoms with Crippen LogP contribution >= 0.6 is 11.6 Å². The van der Waals surface area contributed by atoms with E-state index in [9.17, 15) is 10.1 Å². The number of nitrogens with zero attached hydrogens (tertiary/aromatic N) is 1. The first kappa shape index (κ1) is 16.6. The van der Waals surface area contributed by atoms with E-state index in [4.69, 9.17) is 11.6 Å². The predicted octanol–water partition coefficient (Wildman–Crippen LogP) is 4.41. The number of hydrogen-bond acceptors (Lipinski definition) is 3. The number of aryl methyl sites for hydroxylation is 2. The van der Waals surface area contributed by atoms with Crippen molar-refractivity contribution in [1.29, 1.82) is 5.26 Å². The molecule has 0 aliphatic carbocycles. The molecule has 0 aromatic heterocycles. The third kappa shape index (κ3) is 4.35. The first-order chi connectivity index (χ1) is 11.0. The second kappa shape index (κ2) is 7.48. The minimum absolute atomic E-state index is 0.0115. The molecule has 0 aliphatic heterocycles. The second-order valence-electron chi connectivity index (χ2n) is 5.04. The van der Waals surface area contributed by atoms with Crippen LogP contribution in [0.2, 0.25) is 5.02 Å². The van der Waals surface area contributed by atoms with Crippen molar-refractivity contribution in [3.63, 3.8) is 0 Å². The summed E-state index contributed by atoms with van der Waals surface area (Å²) in [5.41, 5.74) is 3.31. The quantitative estimate of drug-likeness (QED) is 0.646. The van der Waals surface area contributed by atoms with Gasteiger partial charge in [-0.25, -0.2) is 0 Å². The Hall–Kier alpha value is -2.77. The average molecular weight is 326 g/mol. The lowest BCUT2D eigenvalue weighted by molar-refractivity contribution is -0.112. The van der Waals surface area contributed by atoms with Crippen molar-refractivity contribution >= 4 is 28.9 Å². The number of nitriles is 1. The third-order valence-corrected chi connectivity index (χ3v) is 3.55. The van der Waals surface area contributed by atoms with Crippen LogP contribution in [-0.2, 0) is 4.79 Å². The van der Waals surface area contributed by atoms with Crippen LogP contribution in [-0.4, -0.2) is 5.91 Å². The highest BCUT2D eigenvalue weighted by atomic mass is 35.5. The van der Waals surface area contributed by atoms with Crippen LogP contribution in [0.25, 0.3) is 0 Å². The van der Waals surface area contributed by atoms with E-state index in [2.05, 4.69) is 10.6 Å².